The fraction of sp³-hybridized carbons (Fsp3) is 0.200. The van der Waals surface area contributed by atoms with Crippen LogP contribution in [0.2, 0.25) is 0 Å². The fourth-order valence-electron chi connectivity index (χ4n) is 2.72. The van der Waals surface area contributed by atoms with Gasteiger partial charge in [-0.15, -0.1) is 0 Å². The molecule has 1 saturated heterocycles. The van der Waals surface area contributed by atoms with Gasteiger partial charge >= 0.3 is 0 Å². The van der Waals surface area contributed by atoms with E-state index in [2.05, 4.69) is 15.9 Å². The van der Waals surface area contributed by atoms with Crippen LogP contribution in [0.5, 0.6) is 17.2 Å². The molecule has 1 heterocycles. The normalized spacial score (nSPS) is 15.3. The molecule has 0 saturated carbocycles. The summed E-state index contributed by atoms with van der Waals surface area (Å²) >= 11 is 4.36. The van der Waals surface area contributed by atoms with Gasteiger partial charge in [-0.3, -0.25) is 9.59 Å². The van der Waals surface area contributed by atoms with Crippen molar-refractivity contribution in [1.82, 2.24) is 0 Å². The van der Waals surface area contributed by atoms with Crippen LogP contribution < -0.4 is 19.1 Å². The minimum Gasteiger partial charge on any atom is -0.495 e. The average molecular weight is 464 g/mol. The van der Waals surface area contributed by atoms with E-state index in [0.717, 1.165) is 21.1 Å². The zero-order valence-corrected chi connectivity index (χ0v) is 17.9. The number of hydrogen-bond donors (Lipinski definition) is 0. The molecule has 0 aliphatic carbocycles. The molecule has 1 aliphatic rings. The Morgan fingerprint density at radius 2 is 1.79 bits per heavy atom. The summed E-state index contributed by atoms with van der Waals surface area (Å²) in [5, 5.41) is -0.379. The lowest BCUT2D eigenvalue weighted by atomic mass is 10.1. The van der Waals surface area contributed by atoms with Crippen molar-refractivity contribution < 1.29 is 23.8 Å². The van der Waals surface area contributed by atoms with Crippen molar-refractivity contribution in [1.29, 1.82) is 0 Å². The first-order valence-electron chi connectivity index (χ1n) is 8.41. The van der Waals surface area contributed by atoms with Crippen LogP contribution in [0.4, 0.5) is 10.5 Å². The largest absolute Gasteiger partial charge is 0.495 e. The van der Waals surface area contributed by atoms with Crippen LogP contribution in [-0.2, 0) is 4.79 Å². The summed E-state index contributed by atoms with van der Waals surface area (Å²) in [6.45, 7) is 2.35. The highest BCUT2D eigenvalue weighted by Gasteiger charge is 2.37. The second kappa shape index (κ2) is 8.70. The van der Waals surface area contributed by atoms with Crippen molar-refractivity contribution in [2.45, 2.75) is 6.92 Å². The summed E-state index contributed by atoms with van der Waals surface area (Å²) in [6.07, 6.45) is 1.66. The summed E-state index contributed by atoms with van der Waals surface area (Å²) in [4.78, 5) is 26.9. The number of anilines is 1. The molecular formula is C20H18BrNO5S. The molecule has 0 unspecified atom stereocenters. The van der Waals surface area contributed by atoms with Crippen LogP contribution in [0.3, 0.4) is 0 Å². The number of imide groups is 1. The van der Waals surface area contributed by atoms with Gasteiger partial charge in [0.1, 0.15) is 5.75 Å². The Morgan fingerprint density at radius 3 is 2.46 bits per heavy atom. The highest BCUT2D eigenvalue weighted by molar-refractivity contribution is 9.10. The van der Waals surface area contributed by atoms with Gasteiger partial charge < -0.3 is 14.2 Å². The van der Waals surface area contributed by atoms with E-state index in [9.17, 15) is 9.59 Å². The maximum atomic E-state index is 12.9. The maximum absolute atomic E-state index is 12.9. The number of methoxy groups -OCH3 is 2. The van der Waals surface area contributed by atoms with Gasteiger partial charge in [-0.25, -0.2) is 4.90 Å². The minimum absolute atomic E-state index is 0.309. The number of carbonyl (C=O) groups is 2. The molecule has 8 heteroatoms. The first kappa shape index (κ1) is 20.3. The molecule has 2 amide bonds. The van der Waals surface area contributed by atoms with Crippen LogP contribution in [0.15, 0.2) is 45.8 Å². The summed E-state index contributed by atoms with van der Waals surface area (Å²) in [5.41, 5.74) is 1.12. The summed E-state index contributed by atoms with van der Waals surface area (Å²) < 4.78 is 16.9. The lowest BCUT2D eigenvalue weighted by Gasteiger charge is -2.15. The van der Waals surface area contributed by atoms with Crippen LogP contribution in [0.1, 0.15) is 12.5 Å². The summed E-state index contributed by atoms with van der Waals surface area (Å²) in [7, 11) is 3.06. The Hall–Kier alpha value is -2.45. The molecule has 3 rings (SSSR count). The second-order valence-electron chi connectivity index (χ2n) is 5.65. The van der Waals surface area contributed by atoms with Crippen LogP contribution in [0, 0.1) is 0 Å². The van der Waals surface area contributed by atoms with E-state index in [1.807, 2.05) is 6.92 Å². The molecule has 1 fully saturated rings. The molecular weight excluding hydrogens is 446 g/mol. The number of benzene rings is 2. The predicted octanol–water partition coefficient (Wildman–Crippen LogP) is 5.11. The van der Waals surface area contributed by atoms with Crippen LogP contribution >= 0.6 is 27.7 Å². The van der Waals surface area contributed by atoms with Gasteiger partial charge in [-0.05, 0) is 54.6 Å². The van der Waals surface area contributed by atoms with Crippen molar-refractivity contribution in [3.05, 3.63) is 51.3 Å². The Balaban J connectivity index is 1.99. The lowest BCUT2D eigenvalue weighted by molar-refractivity contribution is -0.113. The minimum atomic E-state index is -0.403. The Bertz CT molecular complexity index is 960. The third kappa shape index (κ3) is 3.88. The third-order valence-corrected chi connectivity index (χ3v) is 5.55. The van der Waals surface area contributed by atoms with Gasteiger partial charge in [0.2, 0.25) is 0 Å². The third-order valence-electron chi connectivity index (χ3n) is 3.99. The van der Waals surface area contributed by atoms with Crippen molar-refractivity contribution in [3.63, 3.8) is 0 Å². The van der Waals surface area contributed by atoms with Gasteiger partial charge in [0.25, 0.3) is 11.1 Å². The SMILES string of the molecule is CCOc1cc(/C=C2\SC(=O)N(c3ccccc3OC)C2=O)c(Br)cc1OC. The van der Waals surface area contributed by atoms with E-state index in [1.165, 1.54) is 7.11 Å². The predicted molar refractivity (Wildman–Crippen MR) is 113 cm³/mol. The Morgan fingerprint density at radius 1 is 1.07 bits per heavy atom. The molecule has 146 valence electrons. The maximum Gasteiger partial charge on any atom is 0.298 e. The van der Waals surface area contributed by atoms with Crippen LogP contribution in [-0.4, -0.2) is 32.0 Å². The first-order chi connectivity index (χ1) is 13.5. The lowest BCUT2D eigenvalue weighted by Crippen LogP contribution is -2.28. The number of carbonyl (C=O) groups excluding carboxylic acids is 2. The molecule has 28 heavy (non-hydrogen) atoms. The average Bonchev–Trinajstić information content (AvgIpc) is 2.97. The molecule has 1 aliphatic heterocycles. The van der Waals surface area contributed by atoms with Gasteiger partial charge in [0, 0.05) is 4.47 Å². The quantitative estimate of drug-likeness (QED) is 0.554. The van der Waals surface area contributed by atoms with E-state index in [-0.39, 0.29) is 5.24 Å². The van der Waals surface area contributed by atoms with E-state index >= 15 is 0 Å². The second-order valence-corrected chi connectivity index (χ2v) is 7.49. The number of nitrogens with zero attached hydrogens (tertiary/aromatic N) is 1. The van der Waals surface area contributed by atoms with Crippen LogP contribution in [0.25, 0.3) is 6.08 Å². The molecule has 0 N–H and O–H groups in total. The first-order valence-corrected chi connectivity index (χ1v) is 10.0. The molecule has 0 bridgehead atoms. The molecule has 6 nitrogen and oxygen atoms in total. The van der Waals surface area contributed by atoms with Gasteiger partial charge in [-0.2, -0.15) is 0 Å². The number of rotatable bonds is 6. The zero-order valence-electron chi connectivity index (χ0n) is 15.5. The molecule has 2 aromatic carbocycles. The number of halogens is 1. The highest BCUT2D eigenvalue weighted by atomic mass is 79.9. The fourth-order valence-corrected chi connectivity index (χ4v) is 3.98. The number of para-hydroxylation sites is 2. The molecule has 0 radical (unpaired) electrons. The van der Waals surface area contributed by atoms with Gasteiger partial charge in [0.05, 0.1) is 31.4 Å². The number of hydrogen-bond acceptors (Lipinski definition) is 6. The van der Waals surface area contributed by atoms with E-state index in [0.29, 0.717) is 40.0 Å². The monoisotopic (exact) mass is 463 g/mol. The number of thioether (sulfide) groups is 1. The number of ether oxygens (including phenoxy) is 3. The molecule has 0 spiro atoms. The van der Waals surface area contributed by atoms with E-state index in [4.69, 9.17) is 14.2 Å². The van der Waals surface area contributed by atoms with Gasteiger partial charge in [-0.1, -0.05) is 28.1 Å². The topological polar surface area (TPSA) is 65.1 Å². The standard InChI is InChI=1S/C20H18BrNO5S/c1-4-27-17-9-12(13(21)11-16(17)26-3)10-18-19(23)22(20(24)28-18)14-7-5-6-8-15(14)25-2/h5-11H,4H2,1-3H3/b18-10-. The number of amides is 2. The highest BCUT2D eigenvalue weighted by Crippen LogP contribution is 2.41. The van der Waals surface area contributed by atoms with Crippen molar-refractivity contribution >= 4 is 50.6 Å². The van der Waals surface area contributed by atoms with E-state index < -0.39 is 5.91 Å². The summed E-state index contributed by atoms with van der Waals surface area (Å²) in [6, 6.07) is 10.4. The van der Waals surface area contributed by atoms with Crippen molar-refractivity contribution in [2.75, 3.05) is 25.7 Å². The van der Waals surface area contributed by atoms with E-state index in [1.54, 1.807) is 49.6 Å². The Labute approximate surface area is 175 Å². The van der Waals surface area contributed by atoms with Crippen molar-refractivity contribution in [2.24, 2.45) is 0 Å². The smallest absolute Gasteiger partial charge is 0.298 e. The zero-order chi connectivity index (χ0) is 20.3. The molecule has 0 atom stereocenters. The van der Waals surface area contributed by atoms with Gasteiger partial charge in [0.15, 0.2) is 11.5 Å². The van der Waals surface area contributed by atoms with Crippen molar-refractivity contribution in [3.8, 4) is 17.2 Å². The summed E-state index contributed by atoms with van der Waals surface area (Å²) in [5.74, 6) is 1.19. The molecule has 2 aromatic rings. The Kier molecular flexibility index (Phi) is 6.31. The molecule has 0 aromatic heterocycles.